The van der Waals surface area contributed by atoms with Crippen LogP contribution in [0.1, 0.15) is 0 Å². The molecule has 46 valence electrons. The maximum absolute atomic E-state index is 9.60. The first-order chi connectivity index (χ1) is 3.66. The first kappa shape index (κ1) is 7.10. The van der Waals surface area contributed by atoms with Gasteiger partial charge < -0.3 is 5.11 Å². The van der Waals surface area contributed by atoms with Crippen LogP contribution < -0.4 is 0 Å². The van der Waals surface area contributed by atoms with Crippen molar-refractivity contribution in [2.45, 2.75) is 0 Å². The van der Waals surface area contributed by atoms with E-state index in [1.165, 1.54) is 0 Å². The molecule has 0 aromatic heterocycles. The minimum absolute atomic E-state index is 0.231. The van der Waals surface area contributed by atoms with Crippen molar-refractivity contribution in [3.8, 4) is 0 Å². The summed E-state index contributed by atoms with van der Waals surface area (Å²) in [5, 5.41) is 17.8. The summed E-state index contributed by atoms with van der Waals surface area (Å²) in [4.78, 5) is 9.07. The van der Waals surface area contributed by atoms with E-state index in [4.69, 9.17) is 5.11 Å². The van der Waals surface area contributed by atoms with Gasteiger partial charge in [-0.3, -0.25) is 10.1 Å². The van der Waals surface area contributed by atoms with Gasteiger partial charge in [-0.25, -0.2) is 0 Å². The van der Waals surface area contributed by atoms with Crippen LogP contribution in [0.2, 0.25) is 0 Å². The van der Waals surface area contributed by atoms with Crippen molar-refractivity contribution in [1.29, 1.82) is 0 Å². The largest absolute Gasteiger partial charge is 0.392 e. The van der Waals surface area contributed by atoms with Crippen molar-refractivity contribution in [2.24, 2.45) is 0 Å². The summed E-state index contributed by atoms with van der Waals surface area (Å²) < 4.78 is 0. The van der Waals surface area contributed by atoms with Crippen molar-refractivity contribution >= 4 is 0 Å². The van der Waals surface area contributed by atoms with Crippen LogP contribution in [0, 0.1) is 10.1 Å². The molecule has 0 atom stereocenters. The zero-order chi connectivity index (χ0) is 6.57. The van der Waals surface area contributed by atoms with Crippen LogP contribution in [0.3, 0.4) is 0 Å². The minimum Gasteiger partial charge on any atom is -0.392 e. The van der Waals surface area contributed by atoms with Crippen LogP contribution >= 0.6 is 0 Å². The van der Waals surface area contributed by atoms with E-state index >= 15 is 0 Å². The second-order valence-electron chi connectivity index (χ2n) is 1.40. The fraction of sp³-hybridized carbons (Fsp3) is 0.500. The van der Waals surface area contributed by atoms with Crippen molar-refractivity contribution in [1.82, 2.24) is 0 Å². The third-order valence-electron chi connectivity index (χ3n) is 0.576. The highest BCUT2D eigenvalue weighted by Crippen LogP contribution is 1.85. The third kappa shape index (κ3) is 3.30. The number of aliphatic hydroxyl groups excluding tert-OH is 1. The monoisotopic (exact) mass is 117 g/mol. The van der Waals surface area contributed by atoms with Crippen LogP contribution in [-0.4, -0.2) is 23.2 Å². The van der Waals surface area contributed by atoms with Gasteiger partial charge in [0.25, 0.3) is 0 Å². The van der Waals surface area contributed by atoms with Gasteiger partial charge in [-0.05, 0) is 0 Å². The number of hydrogen-bond donors (Lipinski definition) is 1. The lowest BCUT2D eigenvalue weighted by molar-refractivity contribution is -0.471. The molecular weight excluding hydrogens is 110 g/mol. The lowest BCUT2D eigenvalue weighted by Gasteiger charge is -1.90. The summed E-state index contributed by atoms with van der Waals surface area (Å²) in [5.41, 5.74) is 0.231. The summed E-state index contributed by atoms with van der Waals surface area (Å²) >= 11 is 0. The fourth-order valence-electron chi connectivity index (χ4n) is 0.233. The van der Waals surface area contributed by atoms with Gasteiger partial charge in [-0.1, -0.05) is 6.58 Å². The van der Waals surface area contributed by atoms with Crippen molar-refractivity contribution in [3.63, 3.8) is 0 Å². The highest BCUT2D eigenvalue weighted by molar-refractivity contribution is 4.92. The second kappa shape index (κ2) is 3.15. The topological polar surface area (TPSA) is 63.4 Å². The zero-order valence-corrected chi connectivity index (χ0v) is 4.33. The average molecular weight is 117 g/mol. The van der Waals surface area contributed by atoms with Gasteiger partial charge in [-0.15, -0.1) is 0 Å². The minimum atomic E-state index is -0.529. The van der Waals surface area contributed by atoms with E-state index in [-0.39, 0.29) is 18.7 Å². The Balaban J connectivity index is 3.40. The Hall–Kier alpha value is -0.900. The second-order valence-corrected chi connectivity index (χ2v) is 1.40. The molecule has 8 heavy (non-hydrogen) atoms. The maximum atomic E-state index is 9.60. The van der Waals surface area contributed by atoms with Gasteiger partial charge >= 0.3 is 0 Å². The summed E-state index contributed by atoms with van der Waals surface area (Å²) in [7, 11) is 0. The van der Waals surface area contributed by atoms with Gasteiger partial charge in [0.1, 0.15) is 0 Å². The number of nitrogens with zero attached hydrogens (tertiary/aromatic N) is 1. The van der Waals surface area contributed by atoms with Gasteiger partial charge in [-0.2, -0.15) is 0 Å². The number of nitro groups is 1. The summed E-state index contributed by atoms with van der Waals surface area (Å²) in [6, 6.07) is 0. The lowest BCUT2D eigenvalue weighted by Crippen LogP contribution is -2.05. The van der Waals surface area contributed by atoms with Crippen molar-refractivity contribution < 1.29 is 10.0 Å². The molecule has 0 spiro atoms. The van der Waals surface area contributed by atoms with E-state index in [1.54, 1.807) is 0 Å². The molecule has 0 rings (SSSR count). The molecule has 0 aromatic carbocycles. The molecular formula is C4H7NO3. The standard InChI is InChI=1S/C4H7NO3/c1-4(3-6)2-5(7)8/h6H,1-3H2. The Morgan fingerprint density at radius 3 is 2.50 bits per heavy atom. The normalized spacial score (nSPS) is 8.62. The number of aliphatic hydroxyl groups is 1. The molecule has 0 aliphatic heterocycles. The molecule has 4 nitrogen and oxygen atoms in total. The molecule has 0 radical (unpaired) electrons. The zero-order valence-electron chi connectivity index (χ0n) is 4.33. The molecule has 0 amide bonds. The molecule has 1 N–H and O–H groups in total. The average Bonchev–Trinajstić information content (AvgIpc) is 1.65. The summed E-state index contributed by atoms with van der Waals surface area (Å²) in [6.45, 7) is 2.58. The van der Waals surface area contributed by atoms with E-state index in [1.807, 2.05) is 0 Å². The van der Waals surface area contributed by atoms with Crippen LogP contribution in [0.15, 0.2) is 12.2 Å². The molecule has 0 saturated carbocycles. The Bertz CT molecular complexity index is 110. The summed E-state index contributed by atoms with van der Waals surface area (Å²) in [6.07, 6.45) is 0. The van der Waals surface area contributed by atoms with E-state index in [0.717, 1.165) is 0 Å². The van der Waals surface area contributed by atoms with Gasteiger partial charge in [0.2, 0.25) is 6.54 Å². The van der Waals surface area contributed by atoms with E-state index < -0.39 is 4.92 Å². The first-order valence-electron chi connectivity index (χ1n) is 2.06. The predicted octanol–water partition coefficient (Wildman–Crippen LogP) is -0.188. The predicted molar refractivity (Wildman–Crippen MR) is 28.1 cm³/mol. The molecule has 0 saturated heterocycles. The van der Waals surface area contributed by atoms with Crippen LogP contribution in [0.5, 0.6) is 0 Å². The van der Waals surface area contributed by atoms with Crippen molar-refractivity contribution in [3.05, 3.63) is 22.3 Å². The van der Waals surface area contributed by atoms with Gasteiger partial charge in [0.15, 0.2) is 0 Å². The van der Waals surface area contributed by atoms with Crippen LogP contribution in [0.4, 0.5) is 0 Å². The first-order valence-corrected chi connectivity index (χ1v) is 2.06. The van der Waals surface area contributed by atoms with Crippen molar-refractivity contribution in [2.75, 3.05) is 13.2 Å². The quantitative estimate of drug-likeness (QED) is 0.316. The molecule has 0 heterocycles. The third-order valence-corrected chi connectivity index (χ3v) is 0.576. The Labute approximate surface area is 46.6 Å². The molecule has 0 fully saturated rings. The molecule has 4 heteroatoms. The van der Waals surface area contributed by atoms with Crippen LogP contribution in [-0.2, 0) is 0 Å². The van der Waals surface area contributed by atoms with E-state index in [9.17, 15) is 10.1 Å². The Kier molecular flexibility index (Phi) is 2.79. The van der Waals surface area contributed by atoms with E-state index in [2.05, 4.69) is 6.58 Å². The Morgan fingerprint density at radius 1 is 1.88 bits per heavy atom. The fourth-order valence-corrected chi connectivity index (χ4v) is 0.233. The van der Waals surface area contributed by atoms with Gasteiger partial charge in [0, 0.05) is 10.5 Å². The number of rotatable bonds is 3. The molecule has 0 bridgehead atoms. The summed E-state index contributed by atoms with van der Waals surface area (Å²) in [5.74, 6) is 0. The smallest absolute Gasteiger partial charge is 0.226 e. The van der Waals surface area contributed by atoms with Crippen LogP contribution in [0.25, 0.3) is 0 Å². The molecule has 0 unspecified atom stereocenters. The molecule has 0 aliphatic rings. The Morgan fingerprint density at radius 2 is 2.38 bits per heavy atom. The van der Waals surface area contributed by atoms with E-state index in [0.29, 0.717) is 0 Å². The highest BCUT2D eigenvalue weighted by Gasteiger charge is 1.98. The SMILES string of the molecule is C=C(CO)C[N+](=O)[O-]. The van der Waals surface area contributed by atoms with Gasteiger partial charge in [0.05, 0.1) is 6.61 Å². The molecule has 0 aromatic rings. The highest BCUT2D eigenvalue weighted by atomic mass is 16.6. The maximum Gasteiger partial charge on any atom is 0.226 e. The number of hydrogen-bond acceptors (Lipinski definition) is 3. The lowest BCUT2D eigenvalue weighted by atomic mass is 10.3. The molecule has 0 aliphatic carbocycles.